The molecule has 2 rings (SSSR count). The number of aliphatic hydroxyl groups is 1. The van der Waals surface area contributed by atoms with E-state index in [2.05, 4.69) is 11.0 Å². The van der Waals surface area contributed by atoms with Gasteiger partial charge >= 0.3 is 0 Å². The average molecular weight is 244 g/mol. The third-order valence-corrected chi connectivity index (χ3v) is 3.64. The molecule has 0 bridgehead atoms. The Morgan fingerprint density at radius 2 is 2.33 bits per heavy atom. The molecule has 1 fully saturated rings. The first-order valence-electron chi connectivity index (χ1n) is 6.58. The molecular weight excluding hydrogens is 224 g/mol. The Kier molecular flexibility index (Phi) is 3.88. The van der Waals surface area contributed by atoms with Crippen molar-refractivity contribution in [3.05, 3.63) is 29.3 Å². The predicted molar refractivity (Wildman–Crippen MR) is 72.6 cm³/mol. The highest BCUT2D eigenvalue weighted by molar-refractivity contribution is 5.65. The second kappa shape index (κ2) is 5.41. The minimum absolute atomic E-state index is 0.287. The molecule has 1 aromatic rings. The zero-order valence-electron chi connectivity index (χ0n) is 11.1. The van der Waals surface area contributed by atoms with Gasteiger partial charge in [0, 0.05) is 12.6 Å². The maximum Gasteiger partial charge on any atom is 0.101 e. The van der Waals surface area contributed by atoms with Crippen LogP contribution in [0.5, 0.6) is 0 Å². The molecule has 0 aliphatic carbocycles. The molecule has 0 saturated carbocycles. The van der Waals surface area contributed by atoms with Crippen LogP contribution in [-0.2, 0) is 0 Å². The summed E-state index contributed by atoms with van der Waals surface area (Å²) < 4.78 is 0. The molecule has 1 aliphatic rings. The average Bonchev–Trinajstić information content (AvgIpc) is 2.75. The maximum absolute atomic E-state index is 9.58. The molecule has 0 spiro atoms. The maximum atomic E-state index is 9.58. The Hall–Kier alpha value is -1.53. The highest BCUT2D eigenvalue weighted by Crippen LogP contribution is 2.33. The lowest BCUT2D eigenvalue weighted by Gasteiger charge is -2.30. The summed E-state index contributed by atoms with van der Waals surface area (Å²) in [6.07, 6.45) is 2.73. The van der Waals surface area contributed by atoms with Gasteiger partial charge in [-0.2, -0.15) is 5.26 Å². The molecule has 2 atom stereocenters. The van der Waals surface area contributed by atoms with Crippen LogP contribution in [-0.4, -0.2) is 23.8 Å². The molecule has 1 aromatic carbocycles. The molecule has 18 heavy (non-hydrogen) atoms. The number of aliphatic hydroxyl groups excluding tert-OH is 1. The Balaban J connectivity index is 2.33. The summed E-state index contributed by atoms with van der Waals surface area (Å²) in [6.45, 7) is 4.87. The van der Waals surface area contributed by atoms with Crippen molar-refractivity contribution in [1.82, 2.24) is 0 Å². The van der Waals surface area contributed by atoms with E-state index in [1.165, 1.54) is 0 Å². The minimum atomic E-state index is -0.287. The summed E-state index contributed by atoms with van der Waals surface area (Å²) in [7, 11) is 0. The summed E-state index contributed by atoms with van der Waals surface area (Å²) in [5.74, 6) is 0. The first kappa shape index (κ1) is 12.9. The van der Waals surface area contributed by atoms with E-state index < -0.39 is 0 Å². The van der Waals surface area contributed by atoms with Crippen molar-refractivity contribution in [2.75, 3.05) is 11.4 Å². The molecular formula is C15H20N2O. The molecule has 3 heteroatoms. The molecule has 0 amide bonds. The van der Waals surface area contributed by atoms with Crippen molar-refractivity contribution < 1.29 is 5.11 Å². The predicted octanol–water partition coefficient (Wildman–Crippen LogP) is 2.61. The number of anilines is 1. The molecule has 96 valence electrons. The summed E-state index contributed by atoms with van der Waals surface area (Å²) in [5, 5.41) is 18.8. The number of para-hydroxylation sites is 1. The Morgan fingerprint density at radius 3 is 3.00 bits per heavy atom. The largest absolute Gasteiger partial charge is 0.393 e. The minimum Gasteiger partial charge on any atom is -0.393 e. The monoisotopic (exact) mass is 244 g/mol. The third-order valence-electron chi connectivity index (χ3n) is 3.64. The fourth-order valence-corrected chi connectivity index (χ4v) is 2.90. The number of hydrogen-bond donors (Lipinski definition) is 1. The molecule has 0 radical (unpaired) electrons. The lowest BCUT2D eigenvalue weighted by Crippen LogP contribution is -2.32. The summed E-state index contributed by atoms with van der Waals surface area (Å²) in [6, 6.07) is 8.49. The molecule has 0 aromatic heterocycles. The highest BCUT2D eigenvalue weighted by atomic mass is 16.3. The Labute approximate surface area is 109 Å². The molecule has 3 nitrogen and oxygen atoms in total. The van der Waals surface area contributed by atoms with Crippen molar-refractivity contribution in [2.45, 2.75) is 45.3 Å². The zero-order valence-corrected chi connectivity index (χ0v) is 11.1. The summed E-state index contributed by atoms with van der Waals surface area (Å²) in [5.41, 5.74) is 2.95. The van der Waals surface area contributed by atoms with Crippen molar-refractivity contribution in [3.63, 3.8) is 0 Å². The van der Waals surface area contributed by atoms with Crippen LogP contribution in [0.25, 0.3) is 0 Å². The number of rotatable bonds is 3. The van der Waals surface area contributed by atoms with E-state index in [9.17, 15) is 10.4 Å². The Bertz CT molecular complexity index is 462. The van der Waals surface area contributed by atoms with Gasteiger partial charge in [-0.05, 0) is 44.7 Å². The quantitative estimate of drug-likeness (QED) is 0.889. The van der Waals surface area contributed by atoms with Gasteiger partial charge in [0.15, 0.2) is 0 Å². The van der Waals surface area contributed by atoms with Gasteiger partial charge in [-0.1, -0.05) is 12.1 Å². The molecule has 1 heterocycles. The summed E-state index contributed by atoms with van der Waals surface area (Å²) >= 11 is 0. The number of aryl methyl sites for hydroxylation is 1. The molecule has 1 N–H and O–H groups in total. The second-order valence-corrected chi connectivity index (χ2v) is 5.16. The number of nitrogens with zero attached hydrogens (tertiary/aromatic N) is 2. The van der Waals surface area contributed by atoms with Gasteiger partial charge in [0.05, 0.1) is 17.4 Å². The van der Waals surface area contributed by atoms with E-state index in [-0.39, 0.29) is 6.10 Å². The lowest BCUT2D eigenvalue weighted by molar-refractivity contribution is 0.175. The van der Waals surface area contributed by atoms with Crippen LogP contribution in [0.1, 0.15) is 37.3 Å². The van der Waals surface area contributed by atoms with Crippen molar-refractivity contribution >= 4 is 5.69 Å². The lowest BCUT2D eigenvalue weighted by atomic mass is 10.0. The first-order valence-corrected chi connectivity index (χ1v) is 6.58. The third kappa shape index (κ3) is 2.49. The second-order valence-electron chi connectivity index (χ2n) is 5.16. The number of nitriles is 1. The number of hydrogen-bond acceptors (Lipinski definition) is 3. The topological polar surface area (TPSA) is 47.3 Å². The Morgan fingerprint density at radius 1 is 1.56 bits per heavy atom. The van der Waals surface area contributed by atoms with Crippen molar-refractivity contribution in [1.29, 1.82) is 5.26 Å². The molecule has 1 aliphatic heterocycles. The van der Waals surface area contributed by atoms with E-state index in [1.54, 1.807) is 0 Å². The van der Waals surface area contributed by atoms with E-state index >= 15 is 0 Å². The van der Waals surface area contributed by atoms with E-state index in [1.807, 2.05) is 32.0 Å². The van der Waals surface area contributed by atoms with Crippen LogP contribution in [0.15, 0.2) is 18.2 Å². The van der Waals surface area contributed by atoms with Crippen molar-refractivity contribution in [2.24, 2.45) is 0 Å². The van der Waals surface area contributed by atoms with Gasteiger partial charge in [0.1, 0.15) is 6.07 Å². The van der Waals surface area contributed by atoms with Gasteiger partial charge in [0.2, 0.25) is 0 Å². The van der Waals surface area contributed by atoms with Crippen LogP contribution < -0.4 is 4.90 Å². The van der Waals surface area contributed by atoms with E-state index in [4.69, 9.17) is 0 Å². The SMILES string of the molecule is Cc1cccc(C#N)c1N1CCCC1CC(C)O. The fraction of sp³-hybridized carbons (Fsp3) is 0.533. The molecule has 1 saturated heterocycles. The molecule has 2 unspecified atom stereocenters. The van der Waals surface area contributed by atoms with Crippen LogP contribution in [0.4, 0.5) is 5.69 Å². The van der Waals surface area contributed by atoms with Gasteiger partial charge < -0.3 is 10.0 Å². The van der Waals surface area contributed by atoms with Crippen molar-refractivity contribution in [3.8, 4) is 6.07 Å². The normalized spacial score (nSPS) is 20.8. The van der Waals surface area contributed by atoms with Gasteiger partial charge in [-0.3, -0.25) is 0 Å². The number of benzene rings is 1. The standard InChI is InChI=1S/C15H20N2O/c1-11-5-3-6-13(10-16)15(11)17-8-4-7-14(17)9-12(2)18/h3,5-6,12,14,18H,4,7-9H2,1-2H3. The first-order chi connectivity index (χ1) is 8.63. The van der Waals surface area contributed by atoms with Crippen LogP contribution in [0.2, 0.25) is 0 Å². The van der Waals surface area contributed by atoms with E-state index in [0.717, 1.165) is 42.6 Å². The van der Waals surface area contributed by atoms with Crippen LogP contribution in [0.3, 0.4) is 0 Å². The van der Waals surface area contributed by atoms with Gasteiger partial charge in [-0.15, -0.1) is 0 Å². The van der Waals surface area contributed by atoms with Gasteiger partial charge in [0.25, 0.3) is 0 Å². The fourth-order valence-electron chi connectivity index (χ4n) is 2.90. The van der Waals surface area contributed by atoms with Crippen LogP contribution >= 0.6 is 0 Å². The van der Waals surface area contributed by atoms with Gasteiger partial charge in [-0.25, -0.2) is 0 Å². The van der Waals surface area contributed by atoms with E-state index in [0.29, 0.717) is 6.04 Å². The smallest absolute Gasteiger partial charge is 0.101 e. The summed E-state index contributed by atoms with van der Waals surface area (Å²) in [4.78, 5) is 2.31. The highest BCUT2D eigenvalue weighted by Gasteiger charge is 2.28. The zero-order chi connectivity index (χ0) is 13.1. The van der Waals surface area contributed by atoms with Crippen LogP contribution in [0, 0.1) is 18.3 Å².